The van der Waals surface area contributed by atoms with E-state index in [0.717, 1.165) is 5.56 Å². The van der Waals surface area contributed by atoms with Gasteiger partial charge in [0.05, 0.1) is 5.75 Å². The molecule has 0 aliphatic heterocycles. The van der Waals surface area contributed by atoms with Crippen LogP contribution in [0.5, 0.6) is 0 Å². The Morgan fingerprint density at radius 1 is 1.12 bits per heavy atom. The van der Waals surface area contributed by atoms with E-state index in [-0.39, 0.29) is 17.6 Å². The number of carbonyl (C=O) groups is 2. The van der Waals surface area contributed by atoms with Crippen molar-refractivity contribution in [2.75, 3.05) is 16.4 Å². The summed E-state index contributed by atoms with van der Waals surface area (Å²) in [5.74, 6) is 0.308. The van der Waals surface area contributed by atoms with Crippen molar-refractivity contribution >= 4 is 46.7 Å². The molecule has 0 radical (unpaired) electrons. The van der Waals surface area contributed by atoms with Gasteiger partial charge in [0.25, 0.3) is 0 Å². The van der Waals surface area contributed by atoms with E-state index in [9.17, 15) is 9.59 Å². The van der Waals surface area contributed by atoms with Crippen LogP contribution >= 0.6 is 23.4 Å². The van der Waals surface area contributed by atoms with E-state index < -0.39 is 0 Å². The number of benzene rings is 1. The molecule has 6 nitrogen and oxygen atoms in total. The van der Waals surface area contributed by atoms with Crippen molar-refractivity contribution in [3.63, 3.8) is 0 Å². The molecule has 0 unspecified atom stereocenters. The van der Waals surface area contributed by atoms with Crippen LogP contribution in [-0.4, -0.2) is 27.8 Å². The Morgan fingerprint density at radius 2 is 1.92 bits per heavy atom. The van der Waals surface area contributed by atoms with Gasteiger partial charge in [-0.05, 0) is 36.8 Å². The van der Waals surface area contributed by atoms with Crippen LogP contribution in [0.3, 0.4) is 0 Å². The lowest BCUT2D eigenvalue weighted by atomic mass is 10.2. The number of nitrogens with zero attached hydrogens (tertiary/aromatic N) is 2. The van der Waals surface area contributed by atoms with E-state index in [2.05, 4.69) is 20.8 Å². The van der Waals surface area contributed by atoms with Gasteiger partial charge in [0.1, 0.15) is 5.03 Å². The highest BCUT2D eigenvalue weighted by Crippen LogP contribution is 2.23. The maximum atomic E-state index is 12.0. The molecule has 2 amide bonds. The summed E-state index contributed by atoms with van der Waals surface area (Å²) in [7, 11) is 0. The summed E-state index contributed by atoms with van der Waals surface area (Å²) in [6.07, 6.45) is 0.376. The van der Waals surface area contributed by atoms with Crippen LogP contribution < -0.4 is 10.6 Å². The summed E-state index contributed by atoms with van der Waals surface area (Å²) in [5.41, 5.74) is 1.52. The number of aromatic nitrogens is 2. The first-order valence-corrected chi connectivity index (χ1v) is 8.67. The number of thioether (sulfide) groups is 1. The summed E-state index contributed by atoms with van der Waals surface area (Å²) < 4.78 is 0. The maximum absolute atomic E-state index is 12.0. The van der Waals surface area contributed by atoms with Gasteiger partial charge in [-0.1, -0.05) is 36.4 Å². The van der Waals surface area contributed by atoms with Gasteiger partial charge in [-0.25, -0.2) is 0 Å². The van der Waals surface area contributed by atoms with E-state index in [1.165, 1.54) is 11.8 Å². The summed E-state index contributed by atoms with van der Waals surface area (Å²) in [6, 6.07) is 8.72. The Labute approximate surface area is 149 Å². The standard InChI is InChI=1S/C16H17ClN4O2S/c1-3-14(22)19-13-7-8-16(21-20-13)24-9-15(23)18-12-6-4-5-11(17)10(12)2/h4-8H,3,9H2,1-2H3,(H,18,23)(H,19,20,22). The van der Waals surface area contributed by atoms with Crippen LogP contribution in [0.15, 0.2) is 35.4 Å². The fraction of sp³-hybridized carbons (Fsp3) is 0.250. The van der Waals surface area contributed by atoms with Crippen molar-refractivity contribution in [1.82, 2.24) is 10.2 Å². The fourth-order valence-electron chi connectivity index (χ4n) is 1.76. The number of carbonyl (C=O) groups excluding carboxylic acids is 2. The minimum Gasteiger partial charge on any atom is -0.325 e. The molecule has 1 aromatic carbocycles. The first-order valence-electron chi connectivity index (χ1n) is 7.31. The molecule has 0 aliphatic carbocycles. The van der Waals surface area contributed by atoms with Crippen molar-refractivity contribution in [3.8, 4) is 0 Å². The van der Waals surface area contributed by atoms with E-state index in [1.807, 2.05) is 6.92 Å². The lowest BCUT2D eigenvalue weighted by molar-refractivity contribution is -0.116. The molecule has 0 saturated heterocycles. The number of amides is 2. The van der Waals surface area contributed by atoms with Gasteiger partial charge in [-0.15, -0.1) is 10.2 Å². The van der Waals surface area contributed by atoms with Gasteiger partial charge >= 0.3 is 0 Å². The second kappa shape index (κ2) is 8.65. The summed E-state index contributed by atoms with van der Waals surface area (Å²) in [6.45, 7) is 3.60. The molecule has 2 N–H and O–H groups in total. The fourth-order valence-corrected chi connectivity index (χ4v) is 2.55. The minimum atomic E-state index is -0.157. The predicted octanol–water partition coefficient (Wildman–Crippen LogP) is 3.52. The molecule has 8 heteroatoms. The average molecular weight is 365 g/mol. The second-order valence-electron chi connectivity index (χ2n) is 4.91. The van der Waals surface area contributed by atoms with Gasteiger partial charge in [0.2, 0.25) is 11.8 Å². The Hall–Kier alpha value is -2.12. The van der Waals surface area contributed by atoms with E-state index in [4.69, 9.17) is 11.6 Å². The van der Waals surface area contributed by atoms with Crippen LogP contribution in [-0.2, 0) is 9.59 Å². The first-order chi connectivity index (χ1) is 11.5. The molecule has 2 aromatic rings. The summed E-state index contributed by atoms with van der Waals surface area (Å²) >= 11 is 7.29. The Morgan fingerprint density at radius 3 is 2.58 bits per heavy atom. The molecule has 24 heavy (non-hydrogen) atoms. The normalized spacial score (nSPS) is 10.3. The first kappa shape index (κ1) is 18.2. The van der Waals surface area contributed by atoms with Crippen molar-refractivity contribution < 1.29 is 9.59 Å². The molecule has 0 spiro atoms. The third kappa shape index (κ3) is 5.21. The third-order valence-corrected chi connectivity index (χ3v) is 4.45. The third-order valence-electron chi connectivity index (χ3n) is 3.12. The molecule has 1 heterocycles. The number of rotatable bonds is 6. The van der Waals surface area contributed by atoms with Gasteiger partial charge in [0, 0.05) is 17.1 Å². The van der Waals surface area contributed by atoms with Crippen LogP contribution in [0.4, 0.5) is 11.5 Å². The Balaban J connectivity index is 1.87. The van der Waals surface area contributed by atoms with Gasteiger partial charge < -0.3 is 10.6 Å². The SMILES string of the molecule is CCC(=O)Nc1ccc(SCC(=O)Nc2cccc(Cl)c2C)nn1. The highest BCUT2D eigenvalue weighted by atomic mass is 35.5. The zero-order chi connectivity index (χ0) is 17.5. The number of anilines is 2. The molecule has 0 bridgehead atoms. The largest absolute Gasteiger partial charge is 0.325 e. The van der Waals surface area contributed by atoms with Crippen LogP contribution in [0, 0.1) is 6.92 Å². The molecule has 0 atom stereocenters. The second-order valence-corrected chi connectivity index (χ2v) is 6.31. The smallest absolute Gasteiger partial charge is 0.234 e. The van der Waals surface area contributed by atoms with Gasteiger partial charge in [0.15, 0.2) is 5.82 Å². The van der Waals surface area contributed by atoms with Crippen molar-refractivity contribution in [1.29, 1.82) is 0 Å². The number of hydrogen-bond donors (Lipinski definition) is 2. The predicted molar refractivity (Wildman–Crippen MR) is 96.5 cm³/mol. The number of halogens is 1. The molecule has 126 valence electrons. The minimum absolute atomic E-state index is 0.124. The van der Waals surface area contributed by atoms with E-state index in [0.29, 0.717) is 28.0 Å². The molecule has 0 aliphatic rings. The Kier molecular flexibility index (Phi) is 6.57. The summed E-state index contributed by atoms with van der Waals surface area (Å²) in [5, 5.41) is 14.5. The molecule has 0 saturated carbocycles. The topological polar surface area (TPSA) is 84.0 Å². The van der Waals surface area contributed by atoms with Crippen LogP contribution in [0.1, 0.15) is 18.9 Å². The van der Waals surface area contributed by atoms with Gasteiger partial charge in [-0.2, -0.15) is 0 Å². The average Bonchev–Trinajstić information content (AvgIpc) is 2.58. The number of hydrogen-bond acceptors (Lipinski definition) is 5. The monoisotopic (exact) mass is 364 g/mol. The molecule has 1 aromatic heterocycles. The van der Waals surface area contributed by atoms with Gasteiger partial charge in [-0.3, -0.25) is 9.59 Å². The van der Waals surface area contributed by atoms with Crippen molar-refractivity contribution in [2.45, 2.75) is 25.3 Å². The quantitative estimate of drug-likeness (QED) is 0.766. The lowest BCUT2D eigenvalue weighted by Gasteiger charge is -2.09. The van der Waals surface area contributed by atoms with Crippen LogP contribution in [0.2, 0.25) is 5.02 Å². The van der Waals surface area contributed by atoms with E-state index >= 15 is 0 Å². The highest BCUT2D eigenvalue weighted by molar-refractivity contribution is 7.99. The molecular formula is C16H17ClN4O2S. The molecule has 2 rings (SSSR count). The maximum Gasteiger partial charge on any atom is 0.234 e. The van der Waals surface area contributed by atoms with Crippen LogP contribution in [0.25, 0.3) is 0 Å². The number of nitrogens with one attached hydrogen (secondary N) is 2. The zero-order valence-electron chi connectivity index (χ0n) is 13.3. The molecular weight excluding hydrogens is 348 g/mol. The molecule has 0 fully saturated rings. The van der Waals surface area contributed by atoms with Crippen molar-refractivity contribution in [2.24, 2.45) is 0 Å². The highest BCUT2D eigenvalue weighted by Gasteiger charge is 2.08. The lowest BCUT2D eigenvalue weighted by Crippen LogP contribution is -2.15. The zero-order valence-corrected chi connectivity index (χ0v) is 14.9. The van der Waals surface area contributed by atoms with E-state index in [1.54, 1.807) is 37.3 Å². The summed E-state index contributed by atoms with van der Waals surface area (Å²) in [4.78, 5) is 23.3. The van der Waals surface area contributed by atoms with Crippen molar-refractivity contribution in [3.05, 3.63) is 40.9 Å². The Bertz CT molecular complexity index is 737.